The van der Waals surface area contributed by atoms with E-state index in [1.807, 2.05) is 6.92 Å². The molecule has 0 bridgehead atoms. The molecule has 1 aromatic carbocycles. The fourth-order valence-electron chi connectivity index (χ4n) is 3.76. The number of nitrogens with one attached hydrogen (secondary N) is 1. The van der Waals surface area contributed by atoms with E-state index < -0.39 is 0 Å². The van der Waals surface area contributed by atoms with Crippen molar-refractivity contribution in [2.24, 2.45) is 11.8 Å². The van der Waals surface area contributed by atoms with E-state index in [9.17, 15) is 9.59 Å². The number of carbonyl (C=O) groups is 2. The van der Waals surface area contributed by atoms with Crippen LogP contribution in [0, 0.1) is 11.8 Å². The first-order valence-corrected chi connectivity index (χ1v) is 11.2. The number of piperidine rings is 1. The molecule has 4 rings (SSSR count). The molecule has 1 N–H and O–H groups in total. The molecule has 160 valence electrons. The van der Waals surface area contributed by atoms with Crippen molar-refractivity contribution in [1.29, 1.82) is 0 Å². The van der Waals surface area contributed by atoms with Crippen LogP contribution in [0.4, 0.5) is 0 Å². The molecule has 1 atom stereocenters. The van der Waals surface area contributed by atoms with E-state index in [1.54, 1.807) is 27.8 Å². The minimum atomic E-state index is -0.272. The van der Waals surface area contributed by atoms with Gasteiger partial charge >= 0.3 is 0 Å². The van der Waals surface area contributed by atoms with Gasteiger partial charge in [-0.2, -0.15) is 0 Å². The number of carbonyl (C=O) groups excluding carboxylic acids is 2. The topological polar surface area (TPSA) is 80.1 Å². The molecule has 2 aromatic rings. The molecule has 2 heterocycles. The number of likely N-dealkylation sites (tertiary alicyclic amines) is 1. The van der Waals surface area contributed by atoms with E-state index >= 15 is 0 Å². The van der Waals surface area contributed by atoms with Crippen LogP contribution in [0.5, 0.6) is 0 Å². The number of aromatic nitrogens is 3. The van der Waals surface area contributed by atoms with Crippen LogP contribution >= 0.6 is 23.2 Å². The number of aryl methyl sites for hydroxylation is 1. The Balaban J connectivity index is 1.51. The number of halogens is 2. The number of nitrogens with zero attached hydrogens (tertiary/aromatic N) is 4. The maximum absolute atomic E-state index is 13.1. The van der Waals surface area contributed by atoms with Crippen LogP contribution in [0.15, 0.2) is 18.2 Å². The molecule has 1 aliphatic carbocycles. The Morgan fingerprint density at radius 1 is 1.20 bits per heavy atom. The van der Waals surface area contributed by atoms with Gasteiger partial charge in [-0.15, -0.1) is 5.10 Å². The van der Waals surface area contributed by atoms with Gasteiger partial charge in [0.05, 0.1) is 16.0 Å². The van der Waals surface area contributed by atoms with Crippen molar-refractivity contribution in [1.82, 2.24) is 25.0 Å². The first-order valence-electron chi connectivity index (χ1n) is 10.4. The maximum Gasteiger partial charge on any atom is 0.293 e. The molecule has 1 unspecified atom stereocenters. The van der Waals surface area contributed by atoms with E-state index in [0.29, 0.717) is 47.0 Å². The molecule has 2 amide bonds. The smallest absolute Gasteiger partial charge is 0.293 e. The maximum atomic E-state index is 13.1. The number of benzene rings is 1. The second-order valence-corrected chi connectivity index (χ2v) is 8.78. The third-order valence-electron chi connectivity index (χ3n) is 5.67. The van der Waals surface area contributed by atoms with E-state index in [0.717, 1.165) is 19.4 Å². The molecule has 7 nitrogen and oxygen atoms in total. The van der Waals surface area contributed by atoms with Crippen molar-refractivity contribution < 1.29 is 9.59 Å². The molecular weight excluding hydrogens is 425 g/mol. The summed E-state index contributed by atoms with van der Waals surface area (Å²) in [5, 5.41) is 8.33. The molecular formula is C21H25Cl2N5O2. The zero-order valence-electron chi connectivity index (χ0n) is 16.9. The average Bonchev–Trinajstić information content (AvgIpc) is 3.49. The van der Waals surface area contributed by atoms with E-state index in [4.69, 9.17) is 23.2 Å². The molecule has 0 spiro atoms. The third-order valence-corrected chi connectivity index (χ3v) is 6.28. The quantitative estimate of drug-likeness (QED) is 0.731. The van der Waals surface area contributed by atoms with Gasteiger partial charge in [-0.1, -0.05) is 36.2 Å². The monoisotopic (exact) mass is 449 g/mol. The van der Waals surface area contributed by atoms with Crippen LogP contribution in [-0.4, -0.2) is 51.1 Å². The summed E-state index contributed by atoms with van der Waals surface area (Å²) in [7, 11) is 0. The van der Waals surface area contributed by atoms with Crippen molar-refractivity contribution in [3.8, 4) is 5.69 Å². The molecule has 1 saturated heterocycles. The highest BCUT2D eigenvalue weighted by Gasteiger charge is 2.32. The standard InChI is InChI=1S/C21H25Cl2N5O2/c1-2-17-25-19(26-28(17)18-15(22)6-3-7-16(18)23)21(30)27-10-4-5-14(12-27)20(29)24-11-13-8-9-13/h3,6-7,13-14H,2,4-5,8-12H2,1H3,(H,24,29). The van der Waals surface area contributed by atoms with Gasteiger partial charge in [0.15, 0.2) is 0 Å². The highest BCUT2D eigenvalue weighted by Crippen LogP contribution is 2.29. The Hall–Kier alpha value is -2.12. The van der Waals surface area contributed by atoms with Crippen LogP contribution in [0.25, 0.3) is 5.69 Å². The minimum Gasteiger partial charge on any atom is -0.356 e. The molecule has 1 saturated carbocycles. The van der Waals surface area contributed by atoms with Crippen LogP contribution < -0.4 is 5.32 Å². The Bertz CT molecular complexity index is 937. The highest BCUT2D eigenvalue weighted by molar-refractivity contribution is 6.37. The van der Waals surface area contributed by atoms with Crippen molar-refractivity contribution >= 4 is 35.0 Å². The van der Waals surface area contributed by atoms with Crippen LogP contribution in [0.2, 0.25) is 10.0 Å². The number of hydrogen-bond donors (Lipinski definition) is 1. The Morgan fingerprint density at radius 2 is 1.93 bits per heavy atom. The minimum absolute atomic E-state index is 0.0370. The molecule has 2 fully saturated rings. The van der Waals surface area contributed by atoms with Crippen LogP contribution in [0.3, 0.4) is 0 Å². The van der Waals surface area contributed by atoms with Gasteiger partial charge in [-0.05, 0) is 43.7 Å². The average molecular weight is 450 g/mol. The Kier molecular flexibility index (Phi) is 6.29. The SMILES string of the molecule is CCc1nc(C(=O)N2CCCC(C(=O)NCC3CC3)C2)nn1-c1c(Cl)cccc1Cl. The Labute approximate surface area is 185 Å². The first-order chi connectivity index (χ1) is 14.5. The van der Waals surface area contributed by atoms with Gasteiger partial charge in [0, 0.05) is 26.1 Å². The second kappa shape index (κ2) is 8.94. The molecule has 30 heavy (non-hydrogen) atoms. The number of hydrogen-bond acceptors (Lipinski definition) is 4. The Morgan fingerprint density at radius 3 is 2.60 bits per heavy atom. The zero-order chi connectivity index (χ0) is 21.3. The van der Waals surface area contributed by atoms with E-state index in [2.05, 4.69) is 15.4 Å². The number of amides is 2. The molecule has 0 radical (unpaired) electrons. The van der Waals surface area contributed by atoms with E-state index in [1.165, 1.54) is 12.8 Å². The zero-order valence-corrected chi connectivity index (χ0v) is 18.4. The number of para-hydroxylation sites is 1. The molecule has 1 aliphatic heterocycles. The fourth-order valence-corrected chi connectivity index (χ4v) is 4.32. The van der Waals surface area contributed by atoms with Gasteiger partial charge in [0.2, 0.25) is 11.7 Å². The summed E-state index contributed by atoms with van der Waals surface area (Å²) < 4.78 is 1.54. The predicted molar refractivity (Wildman–Crippen MR) is 115 cm³/mol. The normalized spacial score (nSPS) is 19.0. The van der Waals surface area contributed by atoms with Crippen molar-refractivity contribution in [2.75, 3.05) is 19.6 Å². The summed E-state index contributed by atoms with van der Waals surface area (Å²) >= 11 is 12.7. The van der Waals surface area contributed by atoms with Crippen molar-refractivity contribution in [2.45, 2.75) is 39.0 Å². The summed E-state index contributed by atoms with van der Waals surface area (Å²) in [5.41, 5.74) is 0.514. The lowest BCUT2D eigenvalue weighted by Crippen LogP contribution is -2.46. The largest absolute Gasteiger partial charge is 0.356 e. The van der Waals surface area contributed by atoms with Crippen LogP contribution in [-0.2, 0) is 11.2 Å². The van der Waals surface area contributed by atoms with Gasteiger partial charge in [0.1, 0.15) is 11.5 Å². The van der Waals surface area contributed by atoms with E-state index in [-0.39, 0.29) is 23.6 Å². The summed E-state index contributed by atoms with van der Waals surface area (Å²) in [6.45, 7) is 3.65. The van der Waals surface area contributed by atoms with Crippen LogP contribution in [0.1, 0.15) is 49.1 Å². The lowest BCUT2D eigenvalue weighted by molar-refractivity contribution is -0.126. The summed E-state index contributed by atoms with van der Waals surface area (Å²) in [6, 6.07) is 5.20. The number of rotatable bonds is 6. The fraction of sp³-hybridized carbons (Fsp3) is 0.524. The molecule has 2 aliphatic rings. The van der Waals surface area contributed by atoms with Crippen molar-refractivity contribution in [3.05, 3.63) is 39.9 Å². The van der Waals surface area contributed by atoms with Gasteiger partial charge in [-0.3, -0.25) is 9.59 Å². The lowest BCUT2D eigenvalue weighted by Gasteiger charge is -2.31. The highest BCUT2D eigenvalue weighted by atomic mass is 35.5. The van der Waals surface area contributed by atoms with Gasteiger partial charge in [0.25, 0.3) is 5.91 Å². The summed E-state index contributed by atoms with van der Waals surface area (Å²) in [5.74, 6) is 0.909. The summed E-state index contributed by atoms with van der Waals surface area (Å²) in [6.07, 6.45) is 4.52. The third kappa shape index (κ3) is 4.47. The summed E-state index contributed by atoms with van der Waals surface area (Å²) in [4.78, 5) is 31.7. The van der Waals surface area contributed by atoms with Gasteiger partial charge < -0.3 is 10.2 Å². The molecule has 9 heteroatoms. The predicted octanol–water partition coefficient (Wildman–Crippen LogP) is 3.51. The first kappa shape index (κ1) is 21.1. The lowest BCUT2D eigenvalue weighted by atomic mass is 9.97. The van der Waals surface area contributed by atoms with Crippen molar-refractivity contribution in [3.63, 3.8) is 0 Å². The second-order valence-electron chi connectivity index (χ2n) is 7.97. The van der Waals surface area contributed by atoms with Gasteiger partial charge in [-0.25, -0.2) is 9.67 Å². The molecule has 1 aromatic heterocycles.